The van der Waals surface area contributed by atoms with Crippen molar-refractivity contribution in [3.05, 3.63) is 144 Å². The van der Waals surface area contributed by atoms with E-state index in [-0.39, 0.29) is 6.04 Å². The number of aryl methyl sites for hydroxylation is 1. The van der Waals surface area contributed by atoms with Crippen molar-refractivity contribution < 1.29 is 0 Å². The van der Waals surface area contributed by atoms with Crippen molar-refractivity contribution in [2.45, 2.75) is 66.3 Å². The van der Waals surface area contributed by atoms with Crippen LogP contribution < -0.4 is 5.73 Å². The van der Waals surface area contributed by atoms with Crippen molar-refractivity contribution in [3.63, 3.8) is 0 Å². The smallest absolute Gasteiger partial charge is 0.0266 e. The van der Waals surface area contributed by atoms with Gasteiger partial charge in [0.1, 0.15) is 0 Å². The highest BCUT2D eigenvalue weighted by molar-refractivity contribution is 5.90. The van der Waals surface area contributed by atoms with E-state index < -0.39 is 0 Å². The van der Waals surface area contributed by atoms with Gasteiger partial charge in [0.05, 0.1) is 0 Å². The molecular weight excluding hydrogens is 482 g/mol. The van der Waals surface area contributed by atoms with Gasteiger partial charge in [0, 0.05) is 12.0 Å². The van der Waals surface area contributed by atoms with Crippen molar-refractivity contribution in [1.29, 1.82) is 0 Å². The minimum absolute atomic E-state index is 0.0877. The SMILES string of the molecule is CCCC.CCCC1C=C(c2ccccc2)C=C1c1ccccc1.Cc1cccc(-c2cccc(C(C)N)c2)c1. The van der Waals surface area contributed by atoms with Crippen molar-refractivity contribution in [2.24, 2.45) is 11.7 Å². The molecule has 0 radical (unpaired) electrons. The fourth-order valence-electron chi connectivity index (χ4n) is 4.74. The summed E-state index contributed by atoms with van der Waals surface area (Å²) in [5, 5.41) is 0. The van der Waals surface area contributed by atoms with Gasteiger partial charge >= 0.3 is 0 Å². The van der Waals surface area contributed by atoms with Crippen LogP contribution in [0.2, 0.25) is 0 Å². The summed E-state index contributed by atoms with van der Waals surface area (Å²) in [6, 6.07) is 38.5. The third-order valence-corrected chi connectivity index (χ3v) is 7.17. The molecule has 208 valence electrons. The zero-order chi connectivity index (χ0) is 28.7. The molecule has 4 aromatic carbocycles. The van der Waals surface area contributed by atoms with Crippen LogP contribution in [0.1, 0.15) is 81.7 Å². The van der Waals surface area contributed by atoms with E-state index in [1.807, 2.05) is 6.92 Å². The molecule has 0 bridgehead atoms. The van der Waals surface area contributed by atoms with E-state index in [1.54, 1.807) is 0 Å². The van der Waals surface area contributed by atoms with E-state index in [4.69, 9.17) is 5.73 Å². The fourth-order valence-corrected chi connectivity index (χ4v) is 4.74. The molecule has 0 spiro atoms. The van der Waals surface area contributed by atoms with Crippen LogP contribution in [0.3, 0.4) is 0 Å². The second kappa shape index (κ2) is 16.4. The monoisotopic (exact) mass is 529 g/mol. The molecule has 1 heteroatoms. The molecule has 1 aliphatic rings. The Morgan fingerprint density at radius 1 is 0.625 bits per heavy atom. The number of hydrogen-bond donors (Lipinski definition) is 1. The Bertz CT molecular complexity index is 1340. The number of hydrogen-bond acceptors (Lipinski definition) is 1. The number of unbranched alkanes of at least 4 members (excludes halogenated alkanes) is 1. The largest absolute Gasteiger partial charge is 0.324 e. The standard InChI is InChI=1S/C20H20.C15H17N.C4H10/c1-2-9-18-14-19(16-10-5-3-6-11-16)15-20(18)17-12-7-4-8-13-17;1-11-5-3-7-14(9-11)15-8-4-6-13(10-15)12(2)16;1-3-4-2/h3-8,10-15,18H,2,9H2,1H3;3-10,12H,16H2,1-2H3;3-4H2,1-2H3. The summed E-state index contributed by atoms with van der Waals surface area (Å²) in [5.41, 5.74) is 16.3. The Hall–Kier alpha value is -3.68. The lowest BCUT2D eigenvalue weighted by Crippen LogP contribution is -2.04. The average Bonchev–Trinajstić information content (AvgIpc) is 3.43. The molecule has 2 N–H and O–H groups in total. The van der Waals surface area contributed by atoms with Crippen molar-refractivity contribution in [3.8, 4) is 11.1 Å². The predicted octanol–water partition coefficient (Wildman–Crippen LogP) is 11.1. The van der Waals surface area contributed by atoms with Crippen molar-refractivity contribution in [2.75, 3.05) is 0 Å². The topological polar surface area (TPSA) is 26.0 Å². The molecule has 0 aliphatic heterocycles. The Kier molecular flexibility index (Phi) is 12.7. The molecule has 40 heavy (non-hydrogen) atoms. The Labute approximate surface area is 243 Å². The third-order valence-electron chi connectivity index (χ3n) is 7.17. The fraction of sp³-hybridized carbons (Fsp3) is 0.282. The second-order valence-corrected chi connectivity index (χ2v) is 10.6. The zero-order valence-electron chi connectivity index (χ0n) is 25.1. The lowest BCUT2D eigenvalue weighted by molar-refractivity contribution is 0.711. The van der Waals surface area contributed by atoms with E-state index in [9.17, 15) is 0 Å². The van der Waals surface area contributed by atoms with Gasteiger partial charge in [0.25, 0.3) is 0 Å². The van der Waals surface area contributed by atoms with Crippen LogP contribution in [0.25, 0.3) is 22.3 Å². The molecule has 1 aliphatic carbocycles. The summed E-state index contributed by atoms with van der Waals surface area (Å²) in [6.07, 6.45) is 9.87. The average molecular weight is 530 g/mol. The van der Waals surface area contributed by atoms with E-state index in [0.29, 0.717) is 5.92 Å². The van der Waals surface area contributed by atoms with E-state index in [2.05, 4.69) is 149 Å². The van der Waals surface area contributed by atoms with Crippen LogP contribution in [-0.2, 0) is 0 Å². The lowest BCUT2D eigenvalue weighted by Gasteiger charge is -2.12. The van der Waals surface area contributed by atoms with E-state index in [0.717, 1.165) is 0 Å². The van der Waals surface area contributed by atoms with Gasteiger partial charge in [0.15, 0.2) is 0 Å². The summed E-state index contributed by atoms with van der Waals surface area (Å²) in [7, 11) is 0. The van der Waals surface area contributed by atoms with E-state index in [1.165, 1.54) is 70.2 Å². The molecule has 0 saturated heterocycles. The molecule has 0 heterocycles. The van der Waals surface area contributed by atoms with E-state index >= 15 is 0 Å². The predicted molar refractivity (Wildman–Crippen MR) is 177 cm³/mol. The highest BCUT2D eigenvalue weighted by Gasteiger charge is 2.20. The molecule has 2 unspecified atom stereocenters. The molecule has 5 rings (SSSR count). The molecule has 0 fully saturated rings. The third kappa shape index (κ3) is 9.21. The van der Waals surface area contributed by atoms with Gasteiger partial charge in [-0.2, -0.15) is 0 Å². The first-order valence-electron chi connectivity index (χ1n) is 14.9. The summed E-state index contributed by atoms with van der Waals surface area (Å²) in [6.45, 7) is 10.7. The summed E-state index contributed by atoms with van der Waals surface area (Å²) in [4.78, 5) is 0. The molecule has 0 aromatic heterocycles. The first kappa shape index (κ1) is 30.9. The van der Waals surface area contributed by atoms with Crippen molar-refractivity contribution >= 4 is 11.1 Å². The second-order valence-electron chi connectivity index (χ2n) is 10.6. The molecular formula is C39H47N. The van der Waals surface area contributed by atoms with Crippen LogP contribution >= 0.6 is 0 Å². The van der Waals surface area contributed by atoms with Gasteiger partial charge in [-0.3, -0.25) is 0 Å². The van der Waals surface area contributed by atoms with Crippen LogP contribution in [0, 0.1) is 12.8 Å². The first-order valence-corrected chi connectivity index (χ1v) is 14.9. The van der Waals surface area contributed by atoms with Crippen molar-refractivity contribution in [1.82, 2.24) is 0 Å². The molecule has 0 saturated carbocycles. The Morgan fingerprint density at radius 2 is 1.18 bits per heavy atom. The van der Waals surface area contributed by atoms with Gasteiger partial charge in [-0.1, -0.05) is 161 Å². The number of allylic oxidation sites excluding steroid dienone is 4. The molecule has 0 amide bonds. The summed E-state index contributed by atoms with van der Waals surface area (Å²) in [5.74, 6) is 0.553. The summed E-state index contributed by atoms with van der Waals surface area (Å²) < 4.78 is 0. The Morgan fingerprint density at radius 3 is 1.73 bits per heavy atom. The normalized spacial score (nSPS) is 14.6. The van der Waals surface area contributed by atoms with Gasteiger partial charge < -0.3 is 5.73 Å². The minimum Gasteiger partial charge on any atom is -0.324 e. The number of rotatable bonds is 7. The lowest BCUT2D eigenvalue weighted by atomic mass is 9.92. The maximum atomic E-state index is 5.89. The van der Waals surface area contributed by atoms with Crippen LogP contribution in [0.5, 0.6) is 0 Å². The molecule has 2 atom stereocenters. The summed E-state index contributed by atoms with van der Waals surface area (Å²) >= 11 is 0. The zero-order valence-corrected chi connectivity index (χ0v) is 25.1. The number of nitrogens with two attached hydrogens (primary N) is 1. The van der Waals surface area contributed by atoms with Gasteiger partial charge in [0.2, 0.25) is 0 Å². The maximum Gasteiger partial charge on any atom is 0.0266 e. The van der Waals surface area contributed by atoms with Gasteiger partial charge in [-0.15, -0.1) is 0 Å². The van der Waals surface area contributed by atoms with Gasteiger partial charge in [-0.25, -0.2) is 0 Å². The van der Waals surface area contributed by atoms with Gasteiger partial charge in [-0.05, 0) is 65.3 Å². The minimum atomic E-state index is 0.0877. The maximum absolute atomic E-state index is 5.89. The highest BCUT2D eigenvalue weighted by atomic mass is 14.6. The first-order chi connectivity index (χ1) is 19.5. The highest BCUT2D eigenvalue weighted by Crippen LogP contribution is 2.38. The Balaban J connectivity index is 0.000000199. The molecule has 1 nitrogen and oxygen atoms in total. The number of benzene rings is 4. The van der Waals surface area contributed by atoms with Crippen LogP contribution in [-0.4, -0.2) is 0 Å². The quantitative estimate of drug-likeness (QED) is 0.253. The van der Waals surface area contributed by atoms with Crippen LogP contribution in [0.4, 0.5) is 0 Å². The molecule has 4 aromatic rings. The van der Waals surface area contributed by atoms with Crippen LogP contribution in [0.15, 0.2) is 121 Å².